The van der Waals surface area contributed by atoms with Crippen LogP contribution in [-0.2, 0) is 0 Å². The van der Waals surface area contributed by atoms with Gasteiger partial charge < -0.3 is 0 Å². The number of benzene rings is 1. The van der Waals surface area contributed by atoms with E-state index >= 15 is 0 Å². The van der Waals surface area contributed by atoms with Crippen molar-refractivity contribution in [1.82, 2.24) is 8.75 Å². The molecule has 0 amide bonds. The molecule has 3 heteroatoms. The molecule has 0 aliphatic heterocycles. The van der Waals surface area contributed by atoms with E-state index in [0.29, 0.717) is 0 Å². The van der Waals surface area contributed by atoms with Gasteiger partial charge in [-0.3, -0.25) is 0 Å². The average molecular weight is 471 g/mol. The van der Waals surface area contributed by atoms with E-state index in [2.05, 4.69) is 45.2 Å². The minimum Gasteiger partial charge on any atom is -0.172 e. The highest BCUT2D eigenvalue weighted by molar-refractivity contribution is 7.00. The molecule has 0 atom stereocenters. The van der Waals surface area contributed by atoms with Crippen molar-refractivity contribution in [3.8, 4) is 11.1 Å². The molecule has 170 valence electrons. The summed E-state index contributed by atoms with van der Waals surface area (Å²) in [4.78, 5) is 0. The topological polar surface area (TPSA) is 25.8 Å². The molecule has 0 saturated heterocycles. The Kier molecular flexibility index (Phi) is 9.11. The van der Waals surface area contributed by atoms with E-state index in [9.17, 15) is 0 Å². The van der Waals surface area contributed by atoms with Gasteiger partial charge in [0.05, 0.1) is 11.7 Å². The Morgan fingerprint density at radius 3 is 1.49 bits per heavy atom. The van der Waals surface area contributed by atoms with E-state index in [1.165, 1.54) is 11.7 Å². The van der Waals surface area contributed by atoms with Crippen molar-refractivity contribution in [1.29, 1.82) is 0 Å². The predicted molar refractivity (Wildman–Crippen MR) is 152 cm³/mol. The second-order valence-electron chi connectivity index (χ2n) is 7.55. The summed E-state index contributed by atoms with van der Waals surface area (Å²) in [6.45, 7) is 0. The van der Waals surface area contributed by atoms with E-state index in [0.717, 1.165) is 33.3 Å². The summed E-state index contributed by atoms with van der Waals surface area (Å²) >= 11 is 1.25. The van der Waals surface area contributed by atoms with Crippen LogP contribution in [0.1, 0.15) is 5.56 Å². The fraction of sp³-hybridized carbons (Fsp3) is 0. The Balaban J connectivity index is 1.83. The van der Waals surface area contributed by atoms with E-state index in [1.807, 2.05) is 121 Å². The van der Waals surface area contributed by atoms with Gasteiger partial charge >= 0.3 is 0 Å². The number of rotatable bonds is 2. The van der Waals surface area contributed by atoms with Crippen molar-refractivity contribution in [3.63, 3.8) is 0 Å². The van der Waals surface area contributed by atoms with Gasteiger partial charge in [-0.05, 0) is 11.1 Å². The number of fused-ring (bicyclic) bond motifs is 1. The van der Waals surface area contributed by atoms with Gasteiger partial charge in [0, 0.05) is 11.1 Å². The molecule has 0 unspecified atom stereocenters. The first-order chi connectivity index (χ1) is 17.4. The van der Waals surface area contributed by atoms with Crippen molar-refractivity contribution < 1.29 is 0 Å². The maximum atomic E-state index is 4.68. The number of allylic oxidation sites excluding steroid dienone is 12. The van der Waals surface area contributed by atoms with Crippen molar-refractivity contribution in [2.24, 2.45) is 0 Å². The van der Waals surface area contributed by atoms with E-state index in [-0.39, 0.29) is 0 Å². The normalized spacial score (nSPS) is 18.8. The maximum absolute atomic E-state index is 4.68. The van der Waals surface area contributed by atoms with E-state index in [1.54, 1.807) is 0 Å². The summed E-state index contributed by atoms with van der Waals surface area (Å²) in [7, 11) is 0. The van der Waals surface area contributed by atoms with Gasteiger partial charge in [-0.2, -0.15) is 8.75 Å². The summed E-state index contributed by atoms with van der Waals surface area (Å²) in [5.41, 5.74) is 6.08. The highest BCUT2D eigenvalue weighted by Gasteiger charge is 2.13. The van der Waals surface area contributed by atoms with Crippen LogP contribution in [0.3, 0.4) is 0 Å². The maximum Gasteiger partial charge on any atom is 0.113 e. The summed E-state index contributed by atoms with van der Waals surface area (Å²) < 4.78 is 9.37. The molecule has 2 aromatic carbocycles. The zero-order valence-corrected chi connectivity index (χ0v) is 20.1. The number of hydrogen-bond acceptors (Lipinski definition) is 3. The third-order valence-corrected chi connectivity index (χ3v) is 5.67. The molecule has 1 aliphatic rings. The van der Waals surface area contributed by atoms with Gasteiger partial charge in [0.2, 0.25) is 0 Å². The van der Waals surface area contributed by atoms with Crippen LogP contribution in [0.15, 0.2) is 158 Å². The van der Waals surface area contributed by atoms with Gasteiger partial charge in [-0.15, -0.1) is 0 Å². The van der Waals surface area contributed by atoms with Crippen molar-refractivity contribution >= 4 is 28.3 Å². The second kappa shape index (κ2) is 13.4. The quantitative estimate of drug-likeness (QED) is 0.374. The Morgan fingerprint density at radius 1 is 0.429 bits per heavy atom. The molecule has 0 spiro atoms. The molecule has 1 aliphatic carbocycles. The Bertz CT molecular complexity index is 1410. The molecule has 0 fully saturated rings. The predicted octanol–water partition coefficient (Wildman–Crippen LogP) is 8.79. The smallest absolute Gasteiger partial charge is 0.113 e. The summed E-state index contributed by atoms with van der Waals surface area (Å²) in [5, 5.41) is 0. The summed E-state index contributed by atoms with van der Waals surface area (Å²) in [5.74, 6) is 0. The lowest BCUT2D eigenvalue weighted by molar-refractivity contribution is 1.57. The molecule has 35 heavy (non-hydrogen) atoms. The first kappa shape index (κ1) is 23.8. The molecular weight excluding hydrogens is 444 g/mol. The molecular formula is C32H26N2S. The van der Waals surface area contributed by atoms with Crippen LogP contribution in [0.25, 0.3) is 27.7 Å². The first-order valence-corrected chi connectivity index (χ1v) is 12.2. The molecule has 4 rings (SSSR count). The van der Waals surface area contributed by atoms with Gasteiger partial charge in [0.25, 0.3) is 0 Å². The van der Waals surface area contributed by atoms with Crippen LogP contribution in [0.4, 0.5) is 0 Å². The highest BCUT2D eigenvalue weighted by atomic mass is 32.1. The van der Waals surface area contributed by atoms with Crippen molar-refractivity contribution in [2.75, 3.05) is 0 Å². The number of aromatic nitrogens is 2. The standard InChI is InChI=1S/C32H26N2S/c1-2-5-9-13-17-21-27(22-18-14-10-6-3-1)29-25-26-30(32-31(29)33-35-34-32)28-23-19-15-11-7-4-8-12-16-20-24-28/h1-26H/b2-1?,3-1?,5-2?,6-3?,7-4-,8-4?,9-5?,10-6?,11-7?,12-8-,13-9?,14-10?,15-11-,16-12?,17-13?,18-14?,19-15?,20-16-,21-17?,22-18?,23-19-,24-20?,27-21?,27-22?,28-23?,28-24+. The fourth-order valence-electron chi connectivity index (χ4n) is 3.47. The fourth-order valence-corrected chi connectivity index (χ4v) is 4.04. The molecule has 1 heterocycles. The van der Waals surface area contributed by atoms with E-state index < -0.39 is 0 Å². The van der Waals surface area contributed by atoms with Gasteiger partial charge in [0.15, 0.2) is 0 Å². The van der Waals surface area contributed by atoms with Crippen LogP contribution in [0.2, 0.25) is 0 Å². The minimum absolute atomic E-state index is 0.906. The van der Waals surface area contributed by atoms with Crippen LogP contribution < -0.4 is 0 Å². The Labute approximate surface area is 211 Å². The third kappa shape index (κ3) is 7.07. The van der Waals surface area contributed by atoms with Gasteiger partial charge in [-0.25, -0.2) is 0 Å². The van der Waals surface area contributed by atoms with Crippen molar-refractivity contribution in [3.05, 3.63) is 163 Å². The molecule has 3 aromatic rings. The largest absolute Gasteiger partial charge is 0.172 e. The SMILES string of the molecule is C1=C\C=C/C=C\C(c2ccc(-c3ccccccccccccc3)c3nsnc23)=C/C=C\C=C/1. The van der Waals surface area contributed by atoms with Crippen LogP contribution >= 0.6 is 11.7 Å². The lowest BCUT2D eigenvalue weighted by atomic mass is 9.97. The molecule has 0 radical (unpaired) electrons. The summed E-state index contributed by atoms with van der Waals surface area (Å²) in [6, 6.07) is 30.7. The molecule has 0 saturated carbocycles. The van der Waals surface area contributed by atoms with E-state index in [4.69, 9.17) is 0 Å². The molecule has 1 aromatic heterocycles. The first-order valence-electron chi connectivity index (χ1n) is 11.5. The zero-order chi connectivity index (χ0) is 24.0. The lowest BCUT2D eigenvalue weighted by Crippen LogP contribution is -1.87. The lowest BCUT2D eigenvalue weighted by Gasteiger charge is -2.07. The monoisotopic (exact) mass is 470 g/mol. The molecule has 2 nitrogen and oxygen atoms in total. The van der Waals surface area contributed by atoms with Crippen LogP contribution in [0, 0.1) is 0 Å². The zero-order valence-electron chi connectivity index (χ0n) is 19.3. The molecule has 0 bridgehead atoms. The third-order valence-electron chi connectivity index (χ3n) is 5.14. The highest BCUT2D eigenvalue weighted by Crippen LogP contribution is 2.32. The minimum atomic E-state index is 0.906. The summed E-state index contributed by atoms with van der Waals surface area (Å²) in [6.07, 6.45) is 22.4. The average Bonchev–Trinajstić information content (AvgIpc) is 3.36. The Morgan fingerprint density at radius 2 is 0.886 bits per heavy atom. The molecule has 0 N–H and O–H groups in total. The van der Waals surface area contributed by atoms with Gasteiger partial charge in [-0.1, -0.05) is 158 Å². The number of hydrogen-bond donors (Lipinski definition) is 0. The van der Waals surface area contributed by atoms with Gasteiger partial charge in [0.1, 0.15) is 11.0 Å². The van der Waals surface area contributed by atoms with Crippen LogP contribution in [0.5, 0.6) is 0 Å². The number of nitrogens with zero attached hydrogens (tertiary/aromatic N) is 2. The second-order valence-corrected chi connectivity index (χ2v) is 8.08. The van der Waals surface area contributed by atoms with Crippen molar-refractivity contribution in [2.45, 2.75) is 0 Å². The van der Waals surface area contributed by atoms with Crippen LogP contribution in [-0.4, -0.2) is 8.75 Å². The Hall–Kier alpha value is -4.34.